The lowest BCUT2D eigenvalue weighted by Gasteiger charge is -2.31. The van der Waals surface area contributed by atoms with Crippen molar-refractivity contribution in [2.24, 2.45) is 0 Å². The van der Waals surface area contributed by atoms with E-state index in [1.54, 1.807) is 0 Å². The molecule has 34 heavy (non-hydrogen) atoms. The molecule has 1 heterocycles. The van der Waals surface area contributed by atoms with Gasteiger partial charge in [0.1, 0.15) is 6.61 Å². The maximum Gasteiger partial charge on any atom is 0.330 e. The molecule has 0 saturated heterocycles. The van der Waals surface area contributed by atoms with E-state index < -0.39 is 18.0 Å². The minimum absolute atomic E-state index is 0.0639. The molecule has 1 aliphatic rings. The molecule has 0 amide bonds. The number of aryl methyl sites for hydroxylation is 1. The number of benzene rings is 3. The van der Waals surface area contributed by atoms with Crippen LogP contribution >= 0.6 is 0 Å². The van der Waals surface area contributed by atoms with Crippen molar-refractivity contribution in [3.05, 3.63) is 103 Å². The van der Waals surface area contributed by atoms with Gasteiger partial charge in [-0.1, -0.05) is 67.8 Å². The Kier molecular flexibility index (Phi) is 6.82. The number of rotatable bonds is 8. The summed E-state index contributed by atoms with van der Waals surface area (Å²) in [5.41, 5.74) is 4.85. The van der Waals surface area contributed by atoms with Crippen molar-refractivity contribution in [1.82, 2.24) is 0 Å². The molecular weight excluding hydrogens is 426 g/mol. The summed E-state index contributed by atoms with van der Waals surface area (Å²) in [5.74, 6) is -0.979. The topological polar surface area (TPSA) is 55.8 Å². The van der Waals surface area contributed by atoms with Crippen molar-refractivity contribution in [3.63, 3.8) is 0 Å². The van der Waals surface area contributed by atoms with Crippen molar-refractivity contribution in [3.8, 4) is 0 Å². The highest BCUT2D eigenvalue weighted by molar-refractivity contribution is 5.93. The molecule has 5 nitrogen and oxygen atoms in total. The van der Waals surface area contributed by atoms with E-state index in [0.717, 1.165) is 17.8 Å². The Labute approximate surface area is 200 Å². The summed E-state index contributed by atoms with van der Waals surface area (Å²) in [6.07, 6.45) is 1.56. The van der Waals surface area contributed by atoms with Crippen LogP contribution in [0.3, 0.4) is 0 Å². The number of carbonyl (C=O) groups excluding carboxylic acids is 2. The minimum Gasteiger partial charge on any atom is -0.459 e. The van der Waals surface area contributed by atoms with Gasteiger partial charge >= 0.3 is 11.9 Å². The molecule has 0 aliphatic carbocycles. The Hall–Kier alpha value is -3.86. The number of ether oxygens (including phenoxy) is 2. The average Bonchev–Trinajstić information content (AvgIpc) is 3.13. The smallest absolute Gasteiger partial charge is 0.330 e. The summed E-state index contributed by atoms with van der Waals surface area (Å²) in [5, 5.41) is 2.39. The Bertz CT molecular complexity index is 1250. The Morgan fingerprint density at radius 3 is 2.44 bits per heavy atom. The average molecular weight is 456 g/mol. The normalized spacial score (nSPS) is 17.6. The Morgan fingerprint density at radius 1 is 1.00 bits per heavy atom. The predicted molar refractivity (Wildman–Crippen MR) is 135 cm³/mol. The minimum atomic E-state index is -0.660. The van der Waals surface area contributed by atoms with Gasteiger partial charge < -0.3 is 14.4 Å². The van der Waals surface area contributed by atoms with E-state index in [0.29, 0.717) is 6.54 Å². The van der Waals surface area contributed by atoms with Gasteiger partial charge in [-0.15, -0.1) is 0 Å². The van der Waals surface area contributed by atoms with Crippen LogP contribution in [0.5, 0.6) is 0 Å². The van der Waals surface area contributed by atoms with Gasteiger partial charge in [-0.3, -0.25) is 0 Å². The molecule has 0 aromatic heterocycles. The van der Waals surface area contributed by atoms with E-state index >= 15 is 0 Å². The molecule has 3 aromatic rings. The maximum absolute atomic E-state index is 12.0. The number of hydrogen-bond acceptors (Lipinski definition) is 5. The fourth-order valence-corrected chi connectivity index (χ4v) is 4.91. The van der Waals surface area contributed by atoms with Crippen LogP contribution in [-0.2, 0) is 19.1 Å². The third-order valence-corrected chi connectivity index (χ3v) is 6.49. The first kappa shape index (κ1) is 23.3. The second kappa shape index (κ2) is 9.96. The summed E-state index contributed by atoms with van der Waals surface area (Å²) in [6, 6.07) is 21.2. The second-order valence-electron chi connectivity index (χ2n) is 8.54. The van der Waals surface area contributed by atoms with Crippen LogP contribution in [0.15, 0.2) is 86.0 Å². The highest BCUT2D eigenvalue weighted by Gasteiger charge is 2.39. The van der Waals surface area contributed by atoms with Gasteiger partial charge in [0.25, 0.3) is 0 Å². The van der Waals surface area contributed by atoms with Crippen LogP contribution in [0.1, 0.15) is 29.5 Å². The van der Waals surface area contributed by atoms with Crippen LogP contribution in [0.25, 0.3) is 10.8 Å². The monoisotopic (exact) mass is 455 g/mol. The van der Waals surface area contributed by atoms with Crippen LogP contribution in [0, 0.1) is 6.92 Å². The summed E-state index contributed by atoms with van der Waals surface area (Å²) in [7, 11) is 0. The van der Waals surface area contributed by atoms with E-state index in [2.05, 4.69) is 86.5 Å². The summed E-state index contributed by atoms with van der Waals surface area (Å²) >= 11 is 0. The molecule has 3 atom stereocenters. The van der Waals surface area contributed by atoms with Crippen LogP contribution in [-0.4, -0.2) is 37.2 Å². The first-order chi connectivity index (χ1) is 16.4. The highest BCUT2D eigenvalue weighted by atomic mass is 16.6. The lowest BCUT2D eigenvalue weighted by molar-refractivity contribution is -0.152. The molecule has 5 heteroatoms. The summed E-state index contributed by atoms with van der Waals surface area (Å²) in [6.45, 7) is 11.6. The number of esters is 2. The third kappa shape index (κ3) is 4.46. The van der Waals surface area contributed by atoms with Gasteiger partial charge in [-0.2, -0.15) is 0 Å². The zero-order chi connectivity index (χ0) is 24.2. The molecule has 0 saturated carbocycles. The summed E-state index contributed by atoms with van der Waals surface area (Å²) in [4.78, 5) is 26.0. The first-order valence-corrected chi connectivity index (χ1v) is 11.4. The molecular formula is C29H29NO4. The number of nitrogens with zero attached hydrogens (tertiary/aromatic N) is 1. The van der Waals surface area contributed by atoms with Crippen molar-refractivity contribution >= 4 is 28.4 Å². The lowest BCUT2D eigenvalue weighted by atomic mass is 9.84. The van der Waals surface area contributed by atoms with E-state index in [1.807, 2.05) is 6.07 Å². The molecule has 1 aliphatic heterocycles. The molecule has 0 spiro atoms. The quantitative estimate of drug-likeness (QED) is 0.340. The van der Waals surface area contributed by atoms with Crippen molar-refractivity contribution in [2.75, 3.05) is 18.1 Å². The van der Waals surface area contributed by atoms with E-state index in [-0.39, 0.29) is 18.6 Å². The van der Waals surface area contributed by atoms with Crippen molar-refractivity contribution < 1.29 is 19.1 Å². The molecule has 0 N–H and O–H groups in total. The Morgan fingerprint density at radius 2 is 1.71 bits per heavy atom. The molecule has 0 bridgehead atoms. The molecule has 0 fully saturated rings. The lowest BCUT2D eigenvalue weighted by Crippen LogP contribution is -2.42. The molecule has 3 aromatic carbocycles. The van der Waals surface area contributed by atoms with Gasteiger partial charge in [0.05, 0.1) is 6.54 Å². The summed E-state index contributed by atoms with van der Waals surface area (Å²) < 4.78 is 10.8. The van der Waals surface area contributed by atoms with Gasteiger partial charge in [0, 0.05) is 29.8 Å². The Balaban J connectivity index is 1.77. The van der Waals surface area contributed by atoms with Crippen molar-refractivity contribution in [2.45, 2.75) is 31.9 Å². The molecule has 4 rings (SSSR count). The fourth-order valence-electron chi connectivity index (χ4n) is 4.91. The van der Waals surface area contributed by atoms with Gasteiger partial charge in [-0.25, -0.2) is 9.59 Å². The number of hydrogen-bond donors (Lipinski definition) is 0. The second-order valence-corrected chi connectivity index (χ2v) is 8.54. The largest absolute Gasteiger partial charge is 0.459 e. The zero-order valence-corrected chi connectivity index (χ0v) is 19.6. The van der Waals surface area contributed by atoms with E-state index in [9.17, 15) is 9.59 Å². The molecule has 3 unspecified atom stereocenters. The van der Waals surface area contributed by atoms with Crippen LogP contribution < -0.4 is 4.90 Å². The molecule has 0 radical (unpaired) electrons. The van der Waals surface area contributed by atoms with Gasteiger partial charge in [-0.05, 0) is 47.4 Å². The highest BCUT2D eigenvalue weighted by Crippen LogP contribution is 2.48. The predicted octanol–water partition coefficient (Wildman–Crippen LogP) is 5.32. The van der Waals surface area contributed by atoms with Crippen LogP contribution in [0.4, 0.5) is 5.69 Å². The number of fused-ring (bicyclic) bond motifs is 3. The number of carbonyl (C=O) groups is 2. The first-order valence-electron chi connectivity index (χ1n) is 11.4. The molecule has 174 valence electrons. The maximum atomic E-state index is 12.0. The van der Waals surface area contributed by atoms with E-state index in [1.165, 1.54) is 27.5 Å². The zero-order valence-electron chi connectivity index (χ0n) is 19.6. The standard InChI is InChI=1S/C29H29NO4/c1-5-26(31)33-18-22(34-27(32)6-2)17-30-20(4)28(23-13-9-7-11-19(23)3)29-24-14-10-8-12-21(24)15-16-25(29)30/h5-16,20,22,28H,1-2,17-18H2,3-4H3. The van der Waals surface area contributed by atoms with Crippen molar-refractivity contribution in [1.29, 1.82) is 0 Å². The fraction of sp³-hybridized carbons (Fsp3) is 0.241. The number of anilines is 1. The van der Waals surface area contributed by atoms with E-state index in [4.69, 9.17) is 9.47 Å². The third-order valence-electron chi connectivity index (χ3n) is 6.49. The SMILES string of the molecule is C=CC(=O)OCC(CN1c2ccc3ccccc3c2C(c2ccccc2C)C1C)OC(=O)C=C. The van der Waals surface area contributed by atoms with Crippen LogP contribution in [0.2, 0.25) is 0 Å². The van der Waals surface area contributed by atoms with Gasteiger partial charge in [0.2, 0.25) is 0 Å². The van der Waals surface area contributed by atoms with Gasteiger partial charge in [0.15, 0.2) is 6.10 Å².